The minimum atomic E-state index is -1.56. The molecule has 0 heterocycles. The van der Waals surface area contributed by atoms with Crippen LogP contribution in [0.3, 0.4) is 0 Å². The molecule has 4 nitrogen and oxygen atoms in total. The summed E-state index contributed by atoms with van der Waals surface area (Å²) in [5, 5.41) is 0. The summed E-state index contributed by atoms with van der Waals surface area (Å²) in [5.41, 5.74) is 0.381. The van der Waals surface area contributed by atoms with Crippen LogP contribution >= 0.6 is 0 Å². The van der Waals surface area contributed by atoms with Gasteiger partial charge in [0, 0.05) is 13.2 Å². The zero-order chi connectivity index (χ0) is 10.8. The van der Waals surface area contributed by atoms with Crippen LogP contribution in [-0.2, 0) is 13.6 Å². The van der Waals surface area contributed by atoms with E-state index in [0.717, 1.165) is 6.42 Å². The van der Waals surface area contributed by atoms with Gasteiger partial charge in [0.05, 0.1) is 6.54 Å². The van der Waals surface area contributed by atoms with Gasteiger partial charge in [-0.05, 0) is 25.8 Å². The van der Waals surface area contributed by atoms with Gasteiger partial charge in [-0.3, -0.25) is 0 Å². The second-order valence-corrected chi connectivity index (χ2v) is 5.56. The van der Waals surface area contributed by atoms with Crippen molar-refractivity contribution in [3.8, 4) is 0 Å². The normalized spacial score (nSPS) is 12.6. The van der Waals surface area contributed by atoms with Crippen molar-refractivity contribution >= 4 is 15.4 Å². The fraction of sp³-hybridized carbons (Fsp3) is 0.889. The molecular formula is C9H19NO3Si. The number of aliphatic imine (C=N–C) groups is 1. The van der Waals surface area contributed by atoms with Crippen LogP contribution in [0.1, 0.15) is 27.2 Å². The van der Waals surface area contributed by atoms with Crippen molar-refractivity contribution in [2.45, 2.75) is 32.7 Å². The maximum absolute atomic E-state index is 9.86. The second kappa shape index (κ2) is 9.09. The van der Waals surface area contributed by atoms with Crippen molar-refractivity contribution < 1.29 is 13.6 Å². The van der Waals surface area contributed by atoms with Gasteiger partial charge >= 0.3 is 9.28 Å². The van der Waals surface area contributed by atoms with Gasteiger partial charge in [0.25, 0.3) is 0 Å². The maximum atomic E-state index is 9.86. The summed E-state index contributed by atoms with van der Waals surface area (Å²) in [6.45, 7) is 7.93. The largest absolute Gasteiger partial charge is 0.397 e. The summed E-state index contributed by atoms with van der Waals surface area (Å²) in [7, 11) is -1.56. The minimum absolute atomic E-state index is 0.381. The van der Waals surface area contributed by atoms with Crippen LogP contribution in [-0.4, -0.2) is 35.1 Å². The van der Waals surface area contributed by atoms with E-state index in [2.05, 4.69) is 11.9 Å². The predicted molar refractivity (Wildman–Crippen MR) is 57.4 cm³/mol. The molecule has 0 spiro atoms. The predicted octanol–water partition coefficient (Wildman–Crippen LogP) is 1.40. The molecule has 0 aliphatic heterocycles. The number of nitrogens with zero attached hydrogens (tertiary/aromatic N) is 1. The fourth-order valence-electron chi connectivity index (χ4n) is 1.16. The smallest absolute Gasteiger partial charge is 0.324 e. The van der Waals surface area contributed by atoms with Crippen molar-refractivity contribution in [1.82, 2.24) is 0 Å². The number of hydrogen-bond acceptors (Lipinski definition) is 4. The van der Waals surface area contributed by atoms with Crippen molar-refractivity contribution in [2.75, 3.05) is 19.8 Å². The van der Waals surface area contributed by atoms with Crippen LogP contribution in [0.25, 0.3) is 0 Å². The zero-order valence-corrected chi connectivity index (χ0v) is 10.3. The molecule has 1 unspecified atom stereocenters. The molecule has 0 aliphatic rings. The molecule has 82 valence electrons. The molecule has 0 N–H and O–H groups in total. The van der Waals surface area contributed by atoms with E-state index in [1.807, 2.05) is 13.8 Å². The van der Waals surface area contributed by atoms with Gasteiger partial charge in [0.1, 0.15) is 0 Å². The van der Waals surface area contributed by atoms with E-state index in [9.17, 15) is 4.79 Å². The van der Waals surface area contributed by atoms with Crippen LogP contribution in [0.4, 0.5) is 0 Å². The summed E-state index contributed by atoms with van der Waals surface area (Å²) < 4.78 is 11.1. The van der Waals surface area contributed by atoms with E-state index in [0.29, 0.717) is 25.3 Å². The molecule has 0 saturated carbocycles. The second-order valence-electron chi connectivity index (χ2n) is 3.02. The third kappa shape index (κ3) is 6.04. The van der Waals surface area contributed by atoms with Crippen molar-refractivity contribution in [1.29, 1.82) is 0 Å². The first kappa shape index (κ1) is 13.5. The monoisotopic (exact) mass is 217 g/mol. The number of isocyanates is 1. The lowest BCUT2D eigenvalue weighted by Gasteiger charge is -2.20. The summed E-state index contributed by atoms with van der Waals surface area (Å²) in [6, 6.07) is 0. The van der Waals surface area contributed by atoms with E-state index >= 15 is 0 Å². The quantitative estimate of drug-likeness (QED) is 0.351. The Morgan fingerprint density at radius 1 is 1.36 bits per heavy atom. The topological polar surface area (TPSA) is 47.9 Å². The highest BCUT2D eigenvalue weighted by Crippen LogP contribution is 2.16. The Labute approximate surface area is 87.2 Å². The summed E-state index contributed by atoms with van der Waals surface area (Å²) >= 11 is 0. The maximum Gasteiger partial charge on any atom is 0.324 e. The Morgan fingerprint density at radius 3 is 2.36 bits per heavy atom. The lowest BCUT2D eigenvalue weighted by Crippen LogP contribution is -2.28. The molecule has 0 aromatic heterocycles. The van der Waals surface area contributed by atoms with Crippen molar-refractivity contribution in [2.24, 2.45) is 4.99 Å². The number of rotatable bonds is 8. The van der Waals surface area contributed by atoms with E-state index < -0.39 is 9.28 Å². The van der Waals surface area contributed by atoms with E-state index in [1.165, 1.54) is 6.08 Å². The van der Waals surface area contributed by atoms with E-state index in [-0.39, 0.29) is 0 Å². The van der Waals surface area contributed by atoms with Crippen LogP contribution in [0.2, 0.25) is 5.54 Å². The Bertz CT molecular complexity index is 177. The highest BCUT2D eigenvalue weighted by atomic mass is 28.3. The van der Waals surface area contributed by atoms with Gasteiger partial charge < -0.3 is 8.85 Å². The van der Waals surface area contributed by atoms with Crippen LogP contribution in [0.15, 0.2) is 4.99 Å². The highest BCUT2D eigenvalue weighted by Gasteiger charge is 2.20. The standard InChI is InChI=1S/C9H19NO3Si/c1-4-12-14(13-5-2)9(3)6-7-10-8-11/h9,14H,4-7H2,1-3H3. The van der Waals surface area contributed by atoms with Gasteiger partial charge in [-0.25, -0.2) is 9.79 Å². The molecule has 0 saturated heterocycles. The van der Waals surface area contributed by atoms with Crippen LogP contribution < -0.4 is 0 Å². The molecule has 0 aromatic rings. The summed E-state index contributed by atoms with van der Waals surface area (Å²) in [6.07, 6.45) is 2.37. The molecule has 0 bridgehead atoms. The zero-order valence-electron chi connectivity index (χ0n) is 9.16. The number of carbonyl (C=O) groups excluding carboxylic acids is 1. The van der Waals surface area contributed by atoms with E-state index in [1.54, 1.807) is 0 Å². The van der Waals surface area contributed by atoms with E-state index in [4.69, 9.17) is 8.85 Å². The Hall–Kier alpha value is -0.483. The summed E-state index contributed by atoms with van der Waals surface area (Å²) in [4.78, 5) is 13.4. The van der Waals surface area contributed by atoms with Gasteiger partial charge in [-0.15, -0.1) is 0 Å². The average molecular weight is 217 g/mol. The lowest BCUT2D eigenvalue weighted by atomic mass is 10.3. The average Bonchev–Trinajstić information content (AvgIpc) is 2.18. The molecule has 0 radical (unpaired) electrons. The molecule has 0 aliphatic carbocycles. The van der Waals surface area contributed by atoms with Crippen LogP contribution in [0.5, 0.6) is 0 Å². The van der Waals surface area contributed by atoms with Crippen LogP contribution in [0, 0.1) is 0 Å². The molecular weight excluding hydrogens is 198 g/mol. The van der Waals surface area contributed by atoms with Gasteiger partial charge in [-0.1, -0.05) is 6.92 Å². The molecule has 0 aromatic carbocycles. The van der Waals surface area contributed by atoms with Gasteiger partial charge in [-0.2, -0.15) is 0 Å². The molecule has 0 fully saturated rings. The minimum Gasteiger partial charge on any atom is -0.397 e. The molecule has 5 heteroatoms. The fourth-order valence-corrected chi connectivity index (χ4v) is 2.99. The molecule has 14 heavy (non-hydrogen) atoms. The summed E-state index contributed by atoms with van der Waals surface area (Å²) in [5.74, 6) is 0. The molecule has 0 rings (SSSR count). The lowest BCUT2D eigenvalue weighted by molar-refractivity contribution is 0.204. The third-order valence-corrected chi connectivity index (χ3v) is 4.47. The molecule has 0 amide bonds. The highest BCUT2D eigenvalue weighted by molar-refractivity contribution is 6.46. The first-order valence-electron chi connectivity index (χ1n) is 5.03. The molecule has 1 atom stereocenters. The first-order chi connectivity index (χ1) is 6.76. The van der Waals surface area contributed by atoms with Crippen molar-refractivity contribution in [3.05, 3.63) is 0 Å². The Balaban J connectivity index is 3.86. The Kier molecular flexibility index (Phi) is 8.77. The first-order valence-corrected chi connectivity index (χ1v) is 6.64. The Morgan fingerprint density at radius 2 is 1.93 bits per heavy atom. The number of hydrogen-bond donors (Lipinski definition) is 0. The van der Waals surface area contributed by atoms with Crippen molar-refractivity contribution in [3.63, 3.8) is 0 Å². The third-order valence-electron chi connectivity index (χ3n) is 1.89. The SMILES string of the molecule is CCO[SiH](OCC)C(C)CCN=C=O. The van der Waals surface area contributed by atoms with Gasteiger partial charge in [0.2, 0.25) is 6.08 Å². The van der Waals surface area contributed by atoms with Gasteiger partial charge in [0.15, 0.2) is 0 Å².